The van der Waals surface area contributed by atoms with Gasteiger partial charge in [-0.05, 0) is 43.4 Å². The molecule has 0 radical (unpaired) electrons. The van der Waals surface area contributed by atoms with Gasteiger partial charge < -0.3 is 5.32 Å². The van der Waals surface area contributed by atoms with Gasteiger partial charge in [0.15, 0.2) is 0 Å². The molecular formula is C16H23FN2O2. The van der Waals surface area contributed by atoms with Gasteiger partial charge in [-0.3, -0.25) is 10.1 Å². The Hall–Kier alpha value is -1.49. The van der Waals surface area contributed by atoms with E-state index >= 15 is 0 Å². The summed E-state index contributed by atoms with van der Waals surface area (Å²) in [5.74, 6) is -0.0957. The lowest BCUT2D eigenvalue weighted by Gasteiger charge is -2.26. The highest BCUT2D eigenvalue weighted by atomic mass is 19.1. The van der Waals surface area contributed by atoms with Crippen molar-refractivity contribution in [1.82, 2.24) is 5.32 Å². The average Bonchev–Trinajstić information content (AvgIpc) is 2.64. The largest absolute Gasteiger partial charge is 0.314 e. The van der Waals surface area contributed by atoms with Crippen LogP contribution in [0.2, 0.25) is 0 Å². The van der Waals surface area contributed by atoms with Crippen molar-refractivity contribution in [1.29, 1.82) is 0 Å². The summed E-state index contributed by atoms with van der Waals surface area (Å²) in [4.78, 5) is 10.3. The lowest BCUT2D eigenvalue weighted by Crippen LogP contribution is -2.36. The summed E-state index contributed by atoms with van der Waals surface area (Å²) in [6.45, 7) is 3.01. The van der Waals surface area contributed by atoms with Crippen LogP contribution >= 0.6 is 0 Å². The van der Waals surface area contributed by atoms with Gasteiger partial charge in [0.1, 0.15) is 5.82 Å². The number of nitrogens with one attached hydrogen (secondary N) is 1. The predicted molar refractivity (Wildman–Crippen MR) is 80.8 cm³/mol. The number of hydrogen-bond acceptors (Lipinski definition) is 3. The molecule has 1 fully saturated rings. The summed E-state index contributed by atoms with van der Waals surface area (Å²) in [5.41, 5.74) is 0.579. The third-order valence-electron chi connectivity index (χ3n) is 4.28. The molecule has 0 saturated heterocycles. The maximum Gasteiger partial charge on any atom is 0.272 e. The monoisotopic (exact) mass is 294 g/mol. The van der Waals surface area contributed by atoms with Crippen LogP contribution in [-0.2, 0) is 6.42 Å². The number of rotatable bonds is 5. The molecule has 1 aromatic carbocycles. The maximum absolute atomic E-state index is 13.5. The summed E-state index contributed by atoms with van der Waals surface area (Å²) >= 11 is 0. The molecule has 0 bridgehead atoms. The Kier molecular flexibility index (Phi) is 5.67. The zero-order valence-electron chi connectivity index (χ0n) is 12.5. The second-order valence-electron chi connectivity index (χ2n) is 5.84. The van der Waals surface area contributed by atoms with E-state index in [9.17, 15) is 14.5 Å². The number of nitro groups is 1. The van der Waals surface area contributed by atoms with Crippen LogP contribution in [-0.4, -0.2) is 17.5 Å². The molecule has 2 atom stereocenters. The molecule has 0 aliphatic heterocycles. The smallest absolute Gasteiger partial charge is 0.272 e. The molecular weight excluding hydrogens is 271 g/mol. The van der Waals surface area contributed by atoms with Crippen molar-refractivity contribution in [3.8, 4) is 0 Å². The first-order chi connectivity index (χ1) is 10.1. The van der Waals surface area contributed by atoms with Gasteiger partial charge in [0, 0.05) is 12.1 Å². The topological polar surface area (TPSA) is 55.2 Å². The number of nitro benzene ring substituents is 1. The molecule has 0 heterocycles. The van der Waals surface area contributed by atoms with Gasteiger partial charge in [-0.15, -0.1) is 0 Å². The van der Waals surface area contributed by atoms with Crippen molar-refractivity contribution in [2.75, 3.05) is 6.54 Å². The zero-order chi connectivity index (χ0) is 15.2. The predicted octanol–water partition coefficient (Wildman–Crippen LogP) is 3.83. The van der Waals surface area contributed by atoms with Crippen LogP contribution in [0.5, 0.6) is 0 Å². The van der Waals surface area contributed by atoms with Crippen molar-refractivity contribution < 1.29 is 9.31 Å². The van der Waals surface area contributed by atoms with Crippen molar-refractivity contribution >= 4 is 5.69 Å². The fourth-order valence-corrected chi connectivity index (χ4v) is 3.32. The van der Waals surface area contributed by atoms with E-state index in [4.69, 9.17) is 0 Å². The second-order valence-corrected chi connectivity index (χ2v) is 5.84. The highest BCUT2D eigenvalue weighted by Gasteiger charge is 2.24. The molecule has 116 valence electrons. The Morgan fingerprint density at radius 1 is 1.29 bits per heavy atom. The third-order valence-corrected chi connectivity index (χ3v) is 4.28. The van der Waals surface area contributed by atoms with Crippen LogP contribution in [0.1, 0.15) is 44.6 Å². The fraction of sp³-hybridized carbons (Fsp3) is 0.625. The van der Waals surface area contributed by atoms with Gasteiger partial charge in [0.25, 0.3) is 5.69 Å². The molecule has 1 aliphatic carbocycles. The minimum atomic E-state index is -0.526. The molecule has 1 saturated carbocycles. The number of halogens is 1. The van der Waals surface area contributed by atoms with Crippen molar-refractivity contribution in [2.45, 2.75) is 51.5 Å². The Bertz CT molecular complexity index is 493. The summed E-state index contributed by atoms with van der Waals surface area (Å²) in [7, 11) is 0. The molecule has 5 heteroatoms. The third kappa shape index (κ3) is 4.49. The van der Waals surface area contributed by atoms with Crippen LogP contribution in [0.4, 0.5) is 10.1 Å². The van der Waals surface area contributed by atoms with E-state index in [1.807, 2.05) is 0 Å². The van der Waals surface area contributed by atoms with Crippen LogP contribution in [0.25, 0.3) is 0 Å². The zero-order valence-corrected chi connectivity index (χ0v) is 12.5. The Labute approximate surface area is 124 Å². The highest BCUT2D eigenvalue weighted by Crippen LogP contribution is 2.28. The molecule has 1 aromatic rings. The van der Waals surface area contributed by atoms with Gasteiger partial charge in [-0.25, -0.2) is 4.39 Å². The molecule has 4 nitrogen and oxygen atoms in total. The van der Waals surface area contributed by atoms with Gasteiger partial charge in [0.2, 0.25) is 0 Å². The van der Waals surface area contributed by atoms with Crippen LogP contribution in [0, 0.1) is 21.8 Å². The summed E-state index contributed by atoms with van der Waals surface area (Å²) in [6.07, 6.45) is 6.58. The normalized spacial score (nSPS) is 22.8. The standard InChI is InChI=1S/C16H23FN2O2/c1-2-18-16-7-5-3-4-6-13(16)8-12-9-14(17)11-15(10-12)19(20)21/h9-11,13,16,18H,2-8H2,1H3. The average molecular weight is 294 g/mol. The van der Waals surface area contributed by atoms with E-state index in [1.165, 1.54) is 31.4 Å². The van der Waals surface area contributed by atoms with Crippen molar-refractivity contribution in [3.63, 3.8) is 0 Å². The van der Waals surface area contributed by atoms with Crippen LogP contribution in [0.3, 0.4) is 0 Å². The highest BCUT2D eigenvalue weighted by molar-refractivity contribution is 5.35. The van der Waals surface area contributed by atoms with E-state index in [0.29, 0.717) is 18.4 Å². The van der Waals surface area contributed by atoms with E-state index in [0.717, 1.165) is 31.0 Å². The molecule has 0 amide bonds. The van der Waals surface area contributed by atoms with E-state index < -0.39 is 10.7 Å². The summed E-state index contributed by atoms with van der Waals surface area (Å²) < 4.78 is 13.5. The Morgan fingerprint density at radius 2 is 2.05 bits per heavy atom. The van der Waals surface area contributed by atoms with E-state index in [2.05, 4.69) is 12.2 Å². The van der Waals surface area contributed by atoms with Crippen LogP contribution in [0.15, 0.2) is 18.2 Å². The molecule has 0 spiro atoms. The molecule has 1 N–H and O–H groups in total. The number of non-ortho nitro benzene ring substituents is 1. The Balaban J connectivity index is 2.15. The lowest BCUT2D eigenvalue weighted by atomic mass is 9.88. The second kappa shape index (κ2) is 7.50. The lowest BCUT2D eigenvalue weighted by molar-refractivity contribution is -0.385. The Morgan fingerprint density at radius 3 is 2.76 bits per heavy atom. The fourth-order valence-electron chi connectivity index (χ4n) is 3.32. The first-order valence-corrected chi connectivity index (χ1v) is 7.77. The van der Waals surface area contributed by atoms with Crippen molar-refractivity contribution in [2.24, 2.45) is 5.92 Å². The summed E-state index contributed by atoms with van der Waals surface area (Å²) in [6, 6.07) is 4.36. The van der Waals surface area contributed by atoms with Crippen LogP contribution < -0.4 is 5.32 Å². The van der Waals surface area contributed by atoms with E-state index in [-0.39, 0.29) is 5.69 Å². The molecule has 2 rings (SSSR count). The van der Waals surface area contributed by atoms with Crippen molar-refractivity contribution in [3.05, 3.63) is 39.7 Å². The van der Waals surface area contributed by atoms with E-state index in [1.54, 1.807) is 0 Å². The maximum atomic E-state index is 13.5. The molecule has 21 heavy (non-hydrogen) atoms. The summed E-state index contributed by atoms with van der Waals surface area (Å²) in [5, 5.41) is 14.4. The number of hydrogen-bond donors (Lipinski definition) is 1. The number of nitrogens with zero attached hydrogens (tertiary/aromatic N) is 1. The minimum absolute atomic E-state index is 0.154. The molecule has 2 unspecified atom stereocenters. The number of benzene rings is 1. The quantitative estimate of drug-likeness (QED) is 0.510. The molecule has 0 aromatic heterocycles. The van der Waals surface area contributed by atoms with Gasteiger partial charge in [-0.1, -0.05) is 26.2 Å². The molecule has 1 aliphatic rings. The minimum Gasteiger partial charge on any atom is -0.314 e. The SMILES string of the molecule is CCNC1CCCCCC1Cc1cc(F)cc([N+](=O)[O-])c1. The first kappa shape index (κ1) is 15.9. The van der Waals surface area contributed by atoms with Gasteiger partial charge in [0.05, 0.1) is 11.0 Å². The van der Waals surface area contributed by atoms with Gasteiger partial charge in [-0.2, -0.15) is 0 Å². The van der Waals surface area contributed by atoms with Gasteiger partial charge >= 0.3 is 0 Å². The first-order valence-electron chi connectivity index (χ1n) is 7.77.